The predicted octanol–water partition coefficient (Wildman–Crippen LogP) is 6.53. The molecule has 5 rings (SSSR count). The van der Waals surface area contributed by atoms with E-state index in [0.29, 0.717) is 34.4 Å². The van der Waals surface area contributed by atoms with Gasteiger partial charge in [-0.1, -0.05) is 39.8 Å². The molecule has 0 heterocycles. The smallest absolute Gasteiger partial charge is 0.138 e. The van der Waals surface area contributed by atoms with Crippen LogP contribution in [0.2, 0.25) is 0 Å². The van der Waals surface area contributed by atoms with Crippen LogP contribution in [0.3, 0.4) is 0 Å². The number of rotatable bonds is 1. The molecule has 9 unspecified atom stereocenters. The Morgan fingerprint density at radius 3 is 2.30 bits per heavy atom. The number of fused-ring (bicyclic) bond motifs is 7. The van der Waals surface area contributed by atoms with E-state index in [1.807, 2.05) is 0 Å². The average Bonchev–Trinajstić information content (AvgIpc) is 3.03. The molecule has 0 aromatic heterocycles. The van der Waals surface area contributed by atoms with Crippen molar-refractivity contribution < 1.29 is 4.79 Å². The van der Waals surface area contributed by atoms with Crippen LogP contribution in [0.15, 0.2) is 12.2 Å². The minimum absolute atomic E-state index is 0.0638. The van der Waals surface area contributed by atoms with E-state index >= 15 is 0 Å². The van der Waals surface area contributed by atoms with Crippen molar-refractivity contribution >= 4 is 5.78 Å². The molecule has 2 nitrogen and oxygen atoms in total. The summed E-state index contributed by atoms with van der Waals surface area (Å²) in [4.78, 5) is 12.8. The van der Waals surface area contributed by atoms with Gasteiger partial charge < -0.3 is 5.73 Å². The topological polar surface area (TPSA) is 43.1 Å². The summed E-state index contributed by atoms with van der Waals surface area (Å²) in [5.74, 6) is 4.75. The second-order valence-electron chi connectivity index (χ2n) is 13.4. The molecule has 0 aliphatic heterocycles. The van der Waals surface area contributed by atoms with Crippen molar-refractivity contribution in [2.45, 2.75) is 104 Å². The maximum absolute atomic E-state index is 12.8. The first-order valence-corrected chi connectivity index (χ1v) is 12.9. The number of carbonyl (C=O) groups is 1. The van der Waals surface area contributed by atoms with Crippen LogP contribution in [0.25, 0.3) is 0 Å². The van der Waals surface area contributed by atoms with E-state index in [9.17, 15) is 4.79 Å². The largest absolute Gasteiger partial charge is 0.325 e. The first-order valence-electron chi connectivity index (χ1n) is 12.9. The monoisotopic (exact) mass is 411 g/mol. The van der Waals surface area contributed by atoms with E-state index < -0.39 is 0 Å². The Kier molecular flexibility index (Phi) is 4.57. The van der Waals surface area contributed by atoms with Gasteiger partial charge in [0.25, 0.3) is 0 Å². The third kappa shape index (κ3) is 2.55. The van der Waals surface area contributed by atoms with Crippen molar-refractivity contribution in [3.63, 3.8) is 0 Å². The third-order valence-electron chi connectivity index (χ3n) is 12.0. The van der Waals surface area contributed by atoms with E-state index in [1.54, 1.807) is 0 Å². The Morgan fingerprint density at radius 1 is 0.900 bits per heavy atom. The lowest BCUT2D eigenvalue weighted by Gasteiger charge is -2.68. The second kappa shape index (κ2) is 6.46. The summed E-state index contributed by atoms with van der Waals surface area (Å²) < 4.78 is 0. The van der Waals surface area contributed by atoms with Gasteiger partial charge in [-0.2, -0.15) is 0 Å². The molecule has 2 heteroatoms. The van der Waals surface area contributed by atoms with Crippen LogP contribution >= 0.6 is 0 Å². The third-order valence-corrected chi connectivity index (χ3v) is 12.0. The van der Waals surface area contributed by atoms with E-state index in [0.717, 1.165) is 30.6 Å². The van der Waals surface area contributed by atoms with Gasteiger partial charge in [0.05, 0.1) is 0 Å². The highest BCUT2D eigenvalue weighted by atomic mass is 16.1. The zero-order valence-corrected chi connectivity index (χ0v) is 20.2. The lowest BCUT2D eigenvalue weighted by molar-refractivity contribution is -0.193. The summed E-state index contributed by atoms with van der Waals surface area (Å²) in [6, 6.07) is 0. The van der Waals surface area contributed by atoms with Crippen LogP contribution in [0.1, 0.15) is 98.8 Å². The van der Waals surface area contributed by atoms with Gasteiger partial charge >= 0.3 is 0 Å². The SMILES string of the molecule is C=C(C)C1CCC2(N)CCC3C(CCC4C3(C)CCC3C(C)(C)C(=O)CCC34C)C12. The fraction of sp³-hybridized carbons (Fsp3) is 0.893. The van der Waals surface area contributed by atoms with Gasteiger partial charge in [-0.3, -0.25) is 4.79 Å². The lowest BCUT2D eigenvalue weighted by Crippen LogP contribution is -2.64. The van der Waals surface area contributed by atoms with Gasteiger partial charge in [0.15, 0.2) is 0 Å². The van der Waals surface area contributed by atoms with E-state index in [2.05, 4.69) is 41.2 Å². The summed E-state index contributed by atoms with van der Waals surface area (Å²) in [5.41, 5.74) is 9.17. The first kappa shape index (κ1) is 21.2. The number of ketones is 1. The molecule has 30 heavy (non-hydrogen) atoms. The summed E-state index contributed by atoms with van der Waals surface area (Å²) in [7, 11) is 0. The standard InChI is InChI=1S/C28H45NO/c1-17(2)18-9-15-28(29)16-10-20-19(24(18)28)7-8-22-26(20,5)13-11-21-25(3,4)23(30)12-14-27(21,22)6/h18-22,24H,1,7-16,29H2,2-6H3. The molecule has 0 saturated heterocycles. The highest BCUT2D eigenvalue weighted by Crippen LogP contribution is 2.72. The van der Waals surface area contributed by atoms with Gasteiger partial charge in [0, 0.05) is 17.4 Å². The van der Waals surface area contributed by atoms with Gasteiger partial charge in [-0.15, -0.1) is 0 Å². The van der Waals surface area contributed by atoms with Crippen LogP contribution in [0.4, 0.5) is 0 Å². The van der Waals surface area contributed by atoms with Crippen molar-refractivity contribution in [2.24, 2.45) is 57.5 Å². The minimum atomic E-state index is -0.138. The zero-order valence-electron chi connectivity index (χ0n) is 20.2. The van der Waals surface area contributed by atoms with Gasteiger partial charge in [-0.05, 0) is 111 Å². The van der Waals surface area contributed by atoms with Crippen molar-refractivity contribution in [3.05, 3.63) is 12.2 Å². The van der Waals surface area contributed by atoms with Crippen LogP contribution in [-0.4, -0.2) is 11.3 Å². The molecular formula is C28H45NO. The Hall–Kier alpha value is -0.630. The highest BCUT2D eigenvalue weighted by molar-refractivity contribution is 5.85. The quantitative estimate of drug-likeness (QED) is 0.498. The number of nitrogens with two attached hydrogens (primary N) is 1. The molecule has 0 aromatic rings. The number of carbonyl (C=O) groups excluding carboxylic acids is 1. The molecule has 0 spiro atoms. The molecule has 168 valence electrons. The molecule has 9 atom stereocenters. The molecular weight excluding hydrogens is 366 g/mol. The first-order chi connectivity index (χ1) is 13.9. The Morgan fingerprint density at radius 2 is 1.60 bits per heavy atom. The number of hydrogen-bond donors (Lipinski definition) is 1. The van der Waals surface area contributed by atoms with Crippen LogP contribution in [-0.2, 0) is 4.79 Å². The summed E-state index contributed by atoms with van der Waals surface area (Å²) in [5, 5.41) is 0. The molecule has 5 saturated carbocycles. The van der Waals surface area contributed by atoms with Crippen molar-refractivity contribution in [2.75, 3.05) is 0 Å². The number of allylic oxidation sites excluding steroid dienone is 1. The zero-order chi connectivity index (χ0) is 21.7. The Labute approximate surface area is 184 Å². The Bertz CT molecular complexity index is 769. The lowest BCUT2D eigenvalue weighted by atomic mass is 9.36. The summed E-state index contributed by atoms with van der Waals surface area (Å²) in [6.07, 6.45) is 12.2. The molecule has 5 aliphatic carbocycles. The fourth-order valence-electron chi connectivity index (χ4n) is 10.7. The highest BCUT2D eigenvalue weighted by Gasteiger charge is 2.66. The molecule has 5 aliphatic rings. The Balaban J connectivity index is 1.50. The molecule has 0 bridgehead atoms. The van der Waals surface area contributed by atoms with E-state index in [1.165, 1.54) is 56.9 Å². The van der Waals surface area contributed by atoms with Crippen LogP contribution in [0, 0.1) is 51.8 Å². The predicted molar refractivity (Wildman–Crippen MR) is 124 cm³/mol. The van der Waals surface area contributed by atoms with Crippen molar-refractivity contribution in [3.8, 4) is 0 Å². The molecule has 0 aromatic carbocycles. The summed E-state index contributed by atoms with van der Waals surface area (Å²) in [6.45, 7) is 16.4. The number of Topliss-reactive ketones (excluding diaryl/α,β-unsaturated/α-hetero) is 1. The van der Waals surface area contributed by atoms with E-state index in [4.69, 9.17) is 5.73 Å². The van der Waals surface area contributed by atoms with Crippen LogP contribution in [0.5, 0.6) is 0 Å². The molecule has 0 radical (unpaired) electrons. The van der Waals surface area contributed by atoms with Gasteiger partial charge in [0.2, 0.25) is 0 Å². The maximum Gasteiger partial charge on any atom is 0.138 e. The normalized spacial score (nSPS) is 54.5. The number of hydrogen-bond acceptors (Lipinski definition) is 2. The van der Waals surface area contributed by atoms with Crippen molar-refractivity contribution in [1.82, 2.24) is 0 Å². The average molecular weight is 412 g/mol. The second-order valence-corrected chi connectivity index (χ2v) is 13.4. The van der Waals surface area contributed by atoms with Gasteiger partial charge in [0.1, 0.15) is 5.78 Å². The molecule has 0 amide bonds. The van der Waals surface area contributed by atoms with E-state index in [-0.39, 0.29) is 11.0 Å². The maximum atomic E-state index is 12.8. The molecule has 5 fully saturated rings. The fourth-order valence-corrected chi connectivity index (χ4v) is 10.7. The van der Waals surface area contributed by atoms with Gasteiger partial charge in [-0.25, -0.2) is 0 Å². The minimum Gasteiger partial charge on any atom is -0.325 e. The summed E-state index contributed by atoms with van der Waals surface area (Å²) >= 11 is 0. The van der Waals surface area contributed by atoms with Crippen molar-refractivity contribution in [1.29, 1.82) is 0 Å². The van der Waals surface area contributed by atoms with Crippen LogP contribution < -0.4 is 5.73 Å². The molecule has 2 N–H and O–H groups in total.